The first-order valence-corrected chi connectivity index (χ1v) is 14.9. The van der Waals surface area contributed by atoms with Crippen LogP contribution in [0.5, 0.6) is 17.2 Å². The maximum absolute atomic E-state index is 14.1. The highest BCUT2D eigenvalue weighted by Crippen LogP contribution is 2.54. The van der Waals surface area contributed by atoms with Gasteiger partial charge in [0, 0.05) is 62.0 Å². The number of ether oxygens (including phenoxy) is 2. The molecular formula is C32H32F3N5O4. The van der Waals surface area contributed by atoms with Crippen LogP contribution in [0, 0.1) is 0 Å². The van der Waals surface area contributed by atoms with E-state index < -0.39 is 17.6 Å². The normalized spacial score (nSPS) is 22.7. The summed E-state index contributed by atoms with van der Waals surface area (Å²) in [5, 5.41) is 5.64. The number of piperazine rings is 1. The molecule has 3 aliphatic heterocycles. The molecule has 0 bridgehead atoms. The molecule has 1 unspecified atom stereocenters. The molecule has 4 aliphatic rings. The SMILES string of the molecule is CCN1CCN(Cc2ccc(C(=O)NC3[C@H]4Oc5ccc(Oc6ccnc7c6CCC(=O)N7)cc5[C@H]34)cc2C(F)(F)F)CC1. The third-order valence-corrected chi connectivity index (χ3v) is 8.94. The van der Waals surface area contributed by atoms with Crippen LogP contribution in [0.4, 0.5) is 19.0 Å². The number of nitrogens with one attached hydrogen (secondary N) is 2. The molecular weight excluding hydrogens is 575 g/mol. The summed E-state index contributed by atoms with van der Waals surface area (Å²) in [6.45, 7) is 6.25. The Morgan fingerprint density at radius 1 is 1.09 bits per heavy atom. The van der Waals surface area contributed by atoms with Gasteiger partial charge in [-0.05, 0) is 54.9 Å². The third-order valence-electron chi connectivity index (χ3n) is 8.94. The molecule has 2 fully saturated rings. The zero-order valence-electron chi connectivity index (χ0n) is 24.1. The van der Waals surface area contributed by atoms with Crippen molar-refractivity contribution >= 4 is 17.6 Å². The summed E-state index contributed by atoms with van der Waals surface area (Å²) in [5.74, 6) is 1.55. The van der Waals surface area contributed by atoms with Gasteiger partial charge < -0.3 is 25.0 Å². The Morgan fingerprint density at radius 2 is 1.89 bits per heavy atom. The maximum atomic E-state index is 14.1. The van der Waals surface area contributed by atoms with Crippen LogP contribution >= 0.6 is 0 Å². The van der Waals surface area contributed by atoms with Gasteiger partial charge in [-0.2, -0.15) is 13.2 Å². The molecule has 3 atom stereocenters. The Labute approximate surface area is 252 Å². The Bertz CT molecular complexity index is 1620. The summed E-state index contributed by atoms with van der Waals surface area (Å²) < 4.78 is 54.4. The highest BCUT2D eigenvalue weighted by molar-refractivity contribution is 5.95. The van der Waals surface area contributed by atoms with E-state index in [-0.39, 0.29) is 41.6 Å². The number of rotatable bonds is 7. The molecule has 2 N–H and O–H groups in total. The van der Waals surface area contributed by atoms with Crippen molar-refractivity contribution in [2.75, 3.05) is 38.0 Å². The van der Waals surface area contributed by atoms with Crippen LogP contribution in [-0.2, 0) is 23.9 Å². The molecule has 2 amide bonds. The number of fused-ring (bicyclic) bond motifs is 4. The second-order valence-corrected chi connectivity index (χ2v) is 11.7. The molecule has 12 heteroatoms. The summed E-state index contributed by atoms with van der Waals surface area (Å²) >= 11 is 0. The quantitative estimate of drug-likeness (QED) is 0.406. The Hall–Kier alpha value is -4.16. The van der Waals surface area contributed by atoms with Crippen LogP contribution in [0.3, 0.4) is 0 Å². The number of halogens is 3. The number of likely N-dealkylation sites (N-methyl/N-ethyl adjacent to an activating group) is 1. The fraction of sp³-hybridized carbons (Fsp3) is 0.406. The Balaban J connectivity index is 1.03. The van der Waals surface area contributed by atoms with Gasteiger partial charge in [0.1, 0.15) is 29.2 Å². The van der Waals surface area contributed by atoms with Gasteiger partial charge in [-0.25, -0.2) is 4.98 Å². The van der Waals surface area contributed by atoms with E-state index in [1.165, 1.54) is 12.1 Å². The predicted octanol–water partition coefficient (Wildman–Crippen LogP) is 4.57. The van der Waals surface area contributed by atoms with E-state index in [4.69, 9.17) is 9.47 Å². The number of anilines is 1. The second kappa shape index (κ2) is 11.1. The molecule has 230 valence electrons. The van der Waals surface area contributed by atoms with Crippen LogP contribution in [-0.4, -0.2) is 71.5 Å². The molecule has 7 rings (SSSR count). The molecule has 1 saturated carbocycles. The Kier molecular flexibility index (Phi) is 7.20. The lowest BCUT2D eigenvalue weighted by atomic mass is 10.0. The third kappa shape index (κ3) is 5.48. The number of alkyl halides is 3. The molecule has 2 aromatic carbocycles. The minimum absolute atomic E-state index is 0.0336. The molecule has 44 heavy (non-hydrogen) atoms. The van der Waals surface area contributed by atoms with Crippen molar-refractivity contribution in [1.29, 1.82) is 0 Å². The fourth-order valence-electron chi connectivity index (χ4n) is 6.41. The van der Waals surface area contributed by atoms with Crippen molar-refractivity contribution in [1.82, 2.24) is 20.1 Å². The first-order valence-electron chi connectivity index (χ1n) is 14.9. The van der Waals surface area contributed by atoms with E-state index in [1.807, 2.05) is 17.0 Å². The highest BCUT2D eigenvalue weighted by Gasteiger charge is 2.59. The smallest absolute Gasteiger partial charge is 0.416 e. The molecule has 1 saturated heterocycles. The van der Waals surface area contributed by atoms with E-state index in [0.717, 1.165) is 36.8 Å². The van der Waals surface area contributed by atoms with Crippen LogP contribution in [0.15, 0.2) is 48.7 Å². The highest BCUT2D eigenvalue weighted by atomic mass is 19.4. The molecule has 1 aliphatic carbocycles. The lowest BCUT2D eigenvalue weighted by Gasteiger charge is -2.34. The summed E-state index contributed by atoms with van der Waals surface area (Å²) in [7, 11) is 0. The minimum atomic E-state index is -4.58. The van der Waals surface area contributed by atoms with Crippen molar-refractivity contribution < 1.29 is 32.2 Å². The second-order valence-electron chi connectivity index (χ2n) is 11.7. The summed E-state index contributed by atoms with van der Waals surface area (Å²) in [5.41, 5.74) is 1.05. The van der Waals surface area contributed by atoms with Crippen molar-refractivity contribution in [3.05, 3.63) is 76.5 Å². The van der Waals surface area contributed by atoms with E-state index in [9.17, 15) is 22.8 Å². The number of hydrogen-bond acceptors (Lipinski definition) is 7. The first kappa shape index (κ1) is 28.6. The van der Waals surface area contributed by atoms with Gasteiger partial charge in [0.2, 0.25) is 5.91 Å². The van der Waals surface area contributed by atoms with E-state index in [0.29, 0.717) is 49.0 Å². The number of carbonyl (C=O) groups is 2. The van der Waals surface area contributed by atoms with Gasteiger partial charge >= 0.3 is 6.18 Å². The monoisotopic (exact) mass is 607 g/mol. The number of hydrogen-bond donors (Lipinski definition) is 2. The topological polar surface area (TPSA) is 96.0 Å². The van der Waals surface area contributed by atoms with Crippen molar-refractivity contribution in [3.8, 4) is 17.2 Å². The summed E-state index contributed by atoms with van der Waals surface area (Å²) in [4.78, 5) is 33.4. The van der Waals surface area contributed by atoms with Crippen molar-refractivity contribution in [3.63, 3.8) is 0 Å². The molecule has 0 radical (unpaired) electrons. The van der Waals surface area contributed by atoms with Crippen LogP contribution in [0.25, 0.3) is 0 Å². The van der Waals surface area contributed by atoms with Crippen LogP contribution < -0.4 is 20.1 Å². The van der Waals surface area contributed by atoms with Gasteiger partial charge in [-0.15, -0.1) is 0 Å². The average molecular weight is 608 g/mol. The standard InChI is InChI=1S/C32H32F3N5O4/c1-2-39-11-13-40(14-12-39)17-19-4-3-18(15-23(19)32(33,34)35)31(42)38-28-27-22-16-20(5-7-24(22)44-29(27)28)43-25-9-10-36-30-21(25)6-8-26(41)37-30/h3-5,7,9-10,15-16,27-29H,2,6,8,11-14,17H2,1H3,(H,38,42)(H,36,37,41)/t27-,28?,29+/m1/s1. The van der Waals surface area contributed by atoms with Crippen molar-refractivity contribution in [2.24, 2.45) is 0 Å². The van der Waals surface area contributed by atoms with E-state index in [1.54, 1.807) is 18.3 Å². The van der Waals surface area contributed by atoms with Crippen LogP contribution in [0.2, 0.25) is 0 Å². The lowest BCUT2D eigenvalue weighted by molar-refractivity contribution is -0.138. The zero-order valence-corrected chi connectivity index (χ0v) is 24.1. The predicted molar refractivity (Wildman–Crippen MR) is 155 cm³/mol. The van der Waals surface area contributed by atoms with Gasteiger partial charge in [-0.3, -0.25) is 14.5 Å². The van der Waals surface area contributed by atoms with E-state index in [2.05, 4.69) is 27.4 Å². The number of pyridine rings is 1. The van der Waals surface area contributed by atoms with Gasteiger partial charge in [0.25, 0.3) is 5.91 Å². The van der Waals surface area contributed by atoms with Gasteiger partial charge in [-0.1, -0.05) is 13.0 Å². The Morgan fingerprint density at radius 3 is 2.66 bits per heavy atom. The molecule has 1 aromatic heterocycles. The lowest BCUT2D eigenvalue weighted by Crippen LogP contribution is -2.45. The number of nitrogens with zero attached hydrogens (tertiary/aromatic N) is 3. The number of aromatic nitrogens is 1. The minimum Gasteiger partial charge on any atom is -0.487 e. The van der Waals surface area contributed by atoms with E-state index >= 15 is 0 Å². The molecule has 4 heterocycles. The fourth-order valence-corrected chi connectivity index (χ4v) is 6.41. The largest absolute Gasteiger partial charge is 0.487 e. The van der Waals surface area contributed by atoms with Crippen LogP contribution in [0.1, 0.15) is 51.9 Å². The molecule has 9 nitrogen and oxygen atoms in total. The maximum Gasteiger partial charge on any atom is 0.416 e. The number of amides is 2. The summed E-state index contributed by atoms with van der Waals surface area (Å²) in [6, 6.07) is 10.7. The first-order chi connectivity index (χ1) is 21.2. The number of carbonyl (C=O) groups excluding carboxylic acids is 2. The number of benzene rings is 2. The van der Waals surface area contributed by atoms with Gasteiger partial charge in [0.15, 0.2) is 0 Å². The van der Waals surface area contributed by atoms with Gasteiger partial charge in [0.05, 0.1) is 17.5 Å². The molecule has 3 aromatic rings. The zero-order chi connectivity index (χ0) is 30.6. The van der Waals surface area contributed by atoms with Crippen molar-refractivity contribution in [2.45, 2.75) is 50.6 Å². The average Bonchev–Trinajstić information content (AvgIpc) is 3.53. The summed E-state index contributed by atoms with van der Waals surface area (Å²) in [6.07, 6.45) is -2.43. The molecule has 0 spiro atoms.